The number of hydrogen-bond donors (Lipinski definition) is 3. The molecule has 3 rings (SSSR count). The Hall–Kier alpha value is -1.78. The first-order valence-electron chi connectivity index (χ1n) is 7.41. The van der Waals surface area contributed by atoms with Crippen LogP contribution in [0, 0.1) is 0 Å². The number of aryl methyl sites for hydroxylation is 2. The fraction of sp³-hybridized carbons (Fsp3) is 0.222. The van der Waals surface area contributed by atoms with Gasteiger partial charge >= 0.3 is 0 Å². The molecular formula is C18H19BrN2O. The van der Waals surface area contributed by atoms with Crippen molar-refractivity contribution in [1.29, 1.82) is 0 Å². The van der Waals surface area contributed by atoms with Crippen molar-refractivity contribution in [1.82, 2.24) is 4.98 Å². The number of para-hydroxylation sites is 1. The number of aliphatic hydroxyl groups excluding tert-OH is 1. The number of fused-ring (bicyclic) bond motifs is 1. The van der Waals surface area contributed by atoms with Crippen LogP contribution < -0.4 is 5.73 Å². The van der Waals surface area contributed by atoms with Crippen LogP contribution in [-0.4, -0.2) is 10.1 Å². The van der Waals surface area contributed by atoms with Gasteiger partial charge in [-0.25, -0.2) is 0 Å². The summed E-state index contributed by atoms with van der Waals surface area (Å²) in [6, 6.07) is 12.3. The van der Waals surface area contributed by atoms with E-state index in [0.29, 0.717) is 5.69 Å². The average Bonchev–Trinajstić information content (AvgIpc) is 2.93. The van der Waals surface area contributed by atoms with Gasteiger partial charge in [-0.1, -0.05) is 40.2 Å². The van der Waals surface area contributed by atoms with Gasteiger partial charge in [0, 0.05) is 32.8 Å². The number of anilines is 1. The Kier molecular flexibility index (Phi) is 4.50. The van der Waals surface area contributed by atoms with E-state index in [1.54, 1.807) is 0 Å². The molecule has 114 valence electrons. The third kappa shape index (κ3) is 3.03. The molecule has 0 aliphatic heterocycles. The van der Waals surface area contributed by atoms with E-state index in [1.807, 2.05) is 18.2 Å². The number of aromatic amines is 1. The number of hydrogen-bond acceptors (Lipinski definition) is 2. The van der Waals surface area contributed by atoms with Gasteiger partial charge in [0.05, 0.1) is 6.61 Å². The molecule has 4 N–H and O–H groups in total. The van der Waals surface area contributed by atoms with E-state index < -0.39 is 0 Å². The number of rotatable bonds is 5. The van der Waals surface area contributed by atoms with E-state index in [-0.39, 0.29) is 6.61 Å². The Morgan fingerprint density at radius 2 is 1.82 bits per heavy atom. The Morgan fingerprint density at radius 3 is 2.64 bits per heavy atom. The van der Waals surface area contributed by atoms with Crippen LogP contribution in [0.2, 0.25) is 0 Å². The smallest absolute Gasteiger partial charge is 0.0702 e. The lowest BCUT2D eigenvalue weighted by Gasteiger charge is -2.09. The highest BCUT2D eigenvalue weighted by Crippen LogP contribution is 2.26. The number of aliphatic hydroxyl groups is 1. The molecule has 3 nitrogen and oxygen atoms in total. The molecule has 1 aromatic heterocycles. The van der Waals surface area contributed by atoms with Crippen molar-refractivity contribution in [2.75, 3.05) is 5.73 Å². The zero-order chi connectivity index (χ0) is 15.5. The molecule has 0 aliphatic carbocycles. The Labute approximate surface area is 138 Å². The standard InChI is InChI=1S/C18H19BrN2O/c19-16-9-17(20)14(11-22)8-12(16)4-3-5-13-10-21-18-7-2-1-6-15(13)18/h1-2,6-10,21-22H,3-5,11,20H2. The molecule has 0 unspecified atom stereocenters. The van der Waals surface area contributed by atoms with Crippen molar-refractivity contribution in [3.63, 3.8) is 0 Å². The van der Waals surface area contributed by atoms with Gasteiger partial charge < -0.3 is 15.8 Å². The van der Waals surface area contributed by atoms with Gasteiger partial charge in [-0.15, -0.1) is 0 Å². The summed E-state index contributed by atoms with van der Waals surface area (Å²) in [5.41, 5.74) is 11.0. The molecule has 3 aromatic rings. The van der Waals surface area contributed by atoms with Crippen molar-refractivity contribution in [3.05, 3.63) is 63.8 Å². The van der Waals surface area contributed by atoms with E-state index in [4.69, 9.17) is 5.73 Å². The number of nitrogens with two attached hydrogens (primary N) is 1. The van der Waals surface area contributed by atoms with E-state index in [9.17, 15) is 5.11 Å². The highest BCUT2D eigenvalue weighted by molar-refractivity contribution is 9.10. The maximum absolute atomic E-state index is 9.33. The molecule has 1 heterocycles. The predicted molar refractivity (Wildman–Crippen MR) is 94.8 cm³/mol. The minimum absolute atomic E-state index is 0.0193. The van der Waals surface area contributed by atoms with Crippen molar-refractivity contribution in [2.45, 2.75) is 25.9 Å². The molecule has 22 heavy (non-hydrogen) atoms. The van der Waals surface area contributed by atoms with Gasteiger partial charge in [0.2, 0.25) is 0 Å². The van der Waals surface area contributed by atoms with Gasteiger partial charge in [-0.2, -0.15) is 0 Å². The Bertz CT molecular complexity index is 795. The highest BCUT2D eigenvalue weighted by atomic mass is 79.9. The number of aromatic nitrogens is 1. The van der Waals surface area contributed by atoms with Crippen LogP contribution in [0.4, 0.5) is 5.69 Å². The Morgan fingerprint density at radius 1 is 1.05 bits per heavy atom. The molecule has 0 saturated carbocycles. The quantitative estimate of drug-likeness (QED) is 0.599. The maximum Gasteiger partial charge on any atom is 0.0702 e. The van der Waals surface area contributed by atoms with Gasteiger partial charge in [0.15, 0.2) is 0 Å². The van der Waals surface area contributed by atoms with Gasteiger partial charge in [-0.3, -0.25) is 0 Å². The molecular weight excluding hydrogens is 340 g/mol. The monoisotopic (exact) mass is 358 g/mol. The topological polar surface area (TPSA) is 62.0 Å². The number of H-pyrrole nitrogens is 1. The van der Waals surface area contributed by atoms with E-state index in [0.717, 1.165) is 29.3 Å². The molecule has 0 spiro atoms. The second-order valence-corrected chi connectivity index (χ2v) is 6.37. The molecule has 0 saturated heterocycles. The largest absolute Gasteiger partial charge is 0.398 e. The maximum atomic E-state index is 9.33. The summed E-state index contributed by atoms with van der Waals surface area (Å²) in [7, 11) is 0. The zero-order valence-corrected chi connectivity index (χ0v) is 13.9. The van der Waals surface area contributed by atoms with Crippen molar-refractivity contribution >= 4 is 32.5 Å². The summed E-state index contributed by atoms with van der Waals surface area (Å²) in [4.78, 5) is 3.32. The molecule has 0 atom stereocenters. The summed E-state index contributed by atoms with van der Waals surface area (Å²) >= 11 is 3.56. The summed E-state index contributed by atoms with van der Waals surface area (Å²) in [5.74, 6) is 0. The second kappa shape index (κ2) is 6.55. The molecule has 0 radical (unpaired) electrons. The highest BCUT2D eigenvalue weighted by Gasteiger charge is 2.07. The van der Waals surface area contributed by atoms with Crippen molar-refractivity contribution < 1.29 is 5.11 Å². The molecule has 0 amide bonds. The molecule has 0 aliphatic rings. The van der Waals surface area contributed by atoms with E-state index in [2.05, 4.69) is 45.3 Å². The third-order valence-corrected chi connectivity index (χ3v) is 4.78. The van der Waals surface area contributed by atoms with Crippen LogP contribution >= 0.6 is 15.9 Å². The summed E-state index contributed by atoms with van der Waals surface area (Å²) < 4.78 is 1.01. The predicted octanol–water partition coefficient (Wildman–Crippen LogP) is 4.18. The molecule has 0 bridgehead atoms. The van der Waals surface area contributed by atoms with E-state index >= 15 is 0 Å². The summed E-state index contributed by atoms with van der Waals surface area (Å²) in [5, 5.41) is 10.6. The van der Waals surface area contributed by atoms with Gasteiger partial charge in [-0.05, 0) is 42.5 Å². The first-order valence-corrected chi connectivity index (χ1v) is 8.21. The number of nitrogens with one attached hydrogen (secondary N) is 1. The second-order valence-electron chi connectivity index (χ2n) is 5.51. The number of benzene rings is 2. The third-order valence-electron chi connectivity index (χ3n) is 4.05. The number of nitrogen functional groups attached to an aromatic ring is 1. The average molecular weight is 359 g/mol. The van der Waals surface area contributed by atoms with Crippen LogP contribution in [0.1, 0.15) is 23.1 Å². The first kappa shape index (κ1) is 15.1. The summed E-state index contributed by atoms with van der Waals surface area (Å²) in [6.45, 7) is -0.0193. The minimum atomic E-state index is -0.0193. The normalized spacial score (nSPS) is 11.2. The molecule has 4 heteroatoms. The van der Waals surface area contributed by atoms with Gasteiger partial charge in [0.25, 0.3) is 0 Å². The summed E-state index contributed by atoms with van der Waals surface area (Å²) in [6.07, 6.45) is 5.12. The lowest BCUT2D eigenvalue weighted by molar-refractivity contribution is 0.282. The number of halogens is 1. The van der Waals surface area contributed by atoms with Crippen LogP contribution in [-0.2, 0) is 19.4 Å². The molecule has 2 aromatic carbocycles. The lowest BCUT2D eigenvalue weighted by Crippen LogP contribution is -1.98. The minimum Gasteiger partial charge on any atom is -0.398 e. The SMILES string of the molecule is Nc1cc(Br)c(CCCc2c[nH]c3ccccc23)cc1CO. The fourth-order valence-corrected chi connectivity index (χ4v) is 3.38. The van der Waals surface area contributed by atoms with Gasteiger partial charge in [0.1, 0.15) is 0 Å². The Balaban J connectivity index is 1.71. The van der Waals surface area contributed by atoms with Crippen molar-refractivity contribution in [3.8, 4) is 0 Å². The first-order chi connectivity index (χ1) is 10.7. The molecule has 0 fully saturated rings. The zero-order valence-electron chi connectivity index (χ0n) is 12.3. The lowest BCUT2D eigenvalue weighted by atomic mass is 10.0. The van der Waals surface area contributed by atoms with Crippen LogP contribution in [0.3, 0.4) is 0 Å². The van der Waals surface area contributed by atoms with Crippen LogP contribution in [0.15, 0.2) is 47.1 Å². The van der Waals surface area contributed by atoms with Crippen LogP contribution in [0.25, 0.3) is 10.9 Å². The fourth-order valence-electron chi connectivity index (χ4n) is 2.82. The van der Waals surface area contributed by atoms with Crippen LogP contribution in [0.5, 0.6) is 0 Å². The van der Waals surface area contributed by atoms with Crippen molar-refractivity contribution in [2.24, 2.45) is 0 Å². The van der Waals surface area contributed by atoms with E-state index in [1.165, 1.54) is 22.0 Å².